The number of ether oxygens (including phenoxy) is 2. The molecule has 0 bridgehead atoms. The van der Waals surface area contributed by atoms with Crippen molar-refractivity contribution in [3.63, 3.8) is 0 Å². The zero-order valence-electron chi connectivity index (χ0n) is 16.3. The number of esters is 1. The molecule has 150 valence electrons. The third kappa shape index (κ3) is 5.93. The van der Waals surface area contributed by atoms with Crippen molar-refractivity contribution >= 4 is 17.6 Å². The molecule has 0 fully saturated rings. The van der Waals surface area contributed by atoms with Crippen LogP contribution in [0.2, 0.25) is 0 Å². The topological polar surface area (TPSA) is 90.7 Å². The Bertz CT molecular complexity index is 979. The average molecular weight is 394 g/mol. The Labute approximate surface area is 168 Å². The van der Waals surface area contributed by atoms with Crippen LogP contribution in [0.3, 0.4) is 0 Å². The van der Waals surface area contributed by atoms with E-state index in [9.17, 15) is 9.59 Å². The second-order valence-corrected chi connectivity index (χ2v) is 6.43. The molecule has 1 aromatic heterocycles. The van der Waals surface area contributed by atoms with Crippen molar-refractivity contribution in [2.75, 3.05) is 19.0 Å². The van der Waals surface area contributed by atoms with Crippen molar-refractivity contribution in [2.24, 2.45) is 0 Å². The molecule has 1 heterocycles. The zero-order chi connectivity index (χ0) is 20.6. The van der Waals surface area contributed by atoms with Crippen LogP contribution in [0.1, 0.15) is 17.9 Å². The molecule has 0 radical (unpaired) electrons. The van der Waals surface area contributed by atoms with Crippen molar-refractivity contribution in [3.05, 3.63) is 66.2 Å². The SMILES string of the molecule is COc1cccc(NC(=O)COC(=O)CCc2ncc(-c3ccc(C)cc3)o2)c1. The molecular formula is C22H22N2O5. The number of benzene rings is 2. The molecule has 2 aromatic carbocycles. The number of carbonyl (C=O) groups is 2. The highest BCUT2D eigenvalue weighted by Gasteiger charge is 2.12. The van der Waals surface area contributed by atoms with Gasteiger partial charge in [0, 0.05) is 23.7 Å². The van der Waals surface area contributed by atoms with E-state index in [0.29, 0.717) is 29.5 Å². The summed E-state index contributed by atoms with van der Waals surface area (Å²) in [7, 11) is 1.54. The monoisotopic (exact) mass is 394 g/mol. The van der Waals surface area contributed by atoms with Crippen LogP contribution in [-0.4, -0.2) is 30.6 Å². The van der Waals surface area contributed by atoms with Crippen LogP contribution in [0.4, 0.5) is 5.69 Å². The first kappa shape index (κ1) is 20.1. The lowest BCUT2D eigenvalue weighted by atomic mass is 10.1. The number of anilines is 1. The molecule has 0 aliphatic heterocycles. The summed E-state index contributed by atoms with van der Waals surface area (Å²) in [5.41, 5.74) is 2.65. The fourth-order valence-corrected chi connectivity index (χ4v) is 2.60. The molecule has 29 heavy (non-hydrogen) atoms. The fraction of sp³-hybridized carbons (Fsp3) is 0.227. The maximum absolute atomic E-state index is 11.9. The van der Waals surface area contributed by atoms with Gasteiger partial charge in [-0.3, -0.25) is 9.59 Å². The Balaban J connectivity index is 1.43. The summed E-state index contributed by atoms with van der Waals surface area (Å²) in [6, 6.07) is 14.8. The maximum Gasteiger partial charge on any atom is 0.306 e. The minimum absolute atomic E-state index is 0.0697. The second kappa shape index (κ2) is 9.54. The van der Waals surface area contributed by atoms with Crippen molar-refractivity contribution < 1.29 is 23.5 Å². The standard InChI is InChI=1S/C22H22N2O5/c1-15-6-8-16(9-7-15)19-13-23-21(29-19)10-11-22(26)28-14-20(25)24-17-4-3-5-18(12-17)27-2/h3-9,12-13H,10-11,14H2,1-2H3,(H,24,25). The van der Waals surface area contributed by atoms with Crippen LogP contribution in [0.25, 0.3) is 11.3 Å². The average Bonchev–Trinajstić information content (AvgIpc) is 3.20. The van der Waals surface area contributed by atoms with E-state index in [4.69, 9.17) is 13.9 Å². The van der Waals surface area contributed by atoms with E-state index in [1.807, 2.05) is 31.2 Å². The number of carbonyl (C=O) groups excluding carboxylic acids is 2. The van der Waals surface area contributed by atoms with Crippen molar-refractivity contribution in [2.45, 2.75) is 19.8 Å². The summed E-state index contributed by atoms with van der Waals surface area (Å²) < 4.78 is 15.8. The van der Waals surface area contributed by atoms with Gasteiger partial charge in [0.15, 0.2) is 18.3 Å². The van der Waals surface area contributed by atoms with Gasteiger partial charge in [0.1, 0.15) is 5.75 Å². The fourth-order valence-electron chi connectivity index (χ4n) is 2.60. The first-order valence-corrected chi connectivity index (χ1v) is 9.15. The highest BCUT2D eigenvalue weighted by atomic mass is 16.5. The predicted octanol–water partition coefficient (Wildman–Crippen LogP) is 3.77. The van der Waals surface area contributed by atoms with Gasteiger partial charge in [0.05, 0.1) is 19.7 Å². The quantitative estimate of drug-likeness (QED) is 0.585. The van der Waals surface area contributed by atoms with E-state index < -0.39 is 11.9 Å². The van der Waals surface area contributed by atoms with E-state index >= 15 is 0 Å². The number of hydrogen-bond acceptors (Lipinski definition) is 6. The summed E-state index contributed by atoms with van der Waals surface area (Å²) in [5.74, 6) is 0.783. The molecule has 0 aliphatic rings. The zero-order valence-corrected chi connectivity index (χ0v) is 16.3. The van der Waals surface area contributed by atoms with E-state index in [2.05, 4.69) is 10.3 Å². The Morgan fingerprint density at radius 2 is 1.93 bits per heavy atom. The third-order valence-corrected chi connectivity index (χ3v) is 4.15. The number of hydrogen-bond donors (Lipinski definition) is 1. The molecule has 0 saturated carbocycles. The molecule has 0 aliphatic carbocycles. The van der Waals surface area contributed by atoms with Gasteiger partial charge in [-0.05, 0) is 19.1 Å². The Hall–Kier alpha value is -3.61. The van der Waals surface area contributed by atoms with Crippen LogP contribution in [0.15, 0.2) is 59.1 Å². The van der Waals surface area contributed by atoms with Gasteiger partial charge in [-0.2, -0.15) is 0 Å². The lowest BCUT2D eigenvalue weighted by Gasteiger charge is -2.07. The highest BCUT2D eigenvalue weighted by molar-refractivity contribution is 5.92. The van der Waals surface area contributed by atoms with Crippen LogP contribution < -0.4 is 10.1 Å². The molecule has 3 rings (SSSR count). The highest BCUT2D eigenvalue weighted by Crippen LogP contribution is 2.21. The summed E-state index contributed by atoms with van der Waals surface area (Å²) in [4.78, 5) is 28.0. The molecule has 1 N–H and O–H groups in total. The van der Waals surface area contributed by atoms with Gasteiger partial charge in [-0.15, -0.1) is 0 Å². The molecule has 1 amide bonds. The minimum Gasteiger partial charge on any atom is -0.497 e. The minimum atomic E-state index is -0.499. The lowest BCUT2D eigenvalue weighted by molar-refractivity contribution is -0.147. The van der Waals surface area contributed by atoms with E-state index in [0.717, 1.165) is 11.1 Å². The number of aromatic nitrogens is 1. The largest absolute Gasteiger partial charge is 0.497 e. The Kier molecular flexibility index (Phi) is 6.63. The van der Waals surface area contributed by atoms with Gasteiger partial charge in [0.25, 0.3) is 5.91 Å². The van der Waals surface area contributed by atoms with E-state index in [1.54, 1.807) is 37.6 Å². The molecule has 7 nitrogen and oxygen atoms in total. The van der Waals surface area contributed by atoms with E-state index in [1.165, 1.54) is 0 Å². The molecule has 7 heteroatoms. The van der Waals surface area contributed by atoms with Gasteiger partial charge < -0.3 is 19.2 Å². The van der Waals surface area contributed by atoms with Gasteiger partial charge in [-0.1, -0.05) is 35.9 Å². The molecular weight excluding hydrogens is 372 g/mol. The molecule has 0 atom stereocenters. The summed E-state index contributed by atoms with van der Waals surface area (Å²) >= 11 is 0. The first-order chi connectivity index (χ1) is 14.0. The number of amides is 1. The molecule has 0 spiro atoms. The second-order valence-electron chi connectivity index (χ2n) is 6.43. The Morgan fingerprint density at radius 3 is 2.69 bits per heavy atom. The van der Waals surface area contributed by atoms with Gasteiger partial charge in [0.2, 0.25) is 0 Å². The Morgan fingerprint density at radius 1 is 1.14 bits per heavy atom. The summed E-state index contributed by atoms with van der Waals surface area (Å²) in [5, 5.41) is 2.64. The molecule has 0 unspecified atom stereocenters. The number of aryl methyl sites for hydroxylation is 2. The van der Waals surface area contributed by atoms with Gasteiger partial charge >= 0.3 is 5.97 Å². The molecule has 0 saturated heterocycles. The summed E-state index contributed by atoms with van der Waals surface area (Å²) in [6.45, 7) is 1.65. The van der Waals surface area contributed by atoms with Crippen molar-refractivity contribution in [1.82, 2.24) is 4.98 Å². The van der Waals surface area contributed by atoms with Crippen molar-refractivity contribution in [3.8, 4) is 17.1 Å². The van der Waals surface area contributed by atoms with Crippen LogP contribution in [-0.2, 0) is 20.7 Å². The number of rotatable bonds is 8. The normalized spacial score (nSPS) is 10.4. The lowest BCUT2D eigenvalue weighted by Crippen LogP contribution is -2.21. The number of oxazole rings is 1. The van der Waals surface area contributed by atoms with Crippen LogP contribution in [0, 0.1) is 6.92 Å². The summed E-state index contributed by atoms with van der Waals surface area (Å²) in [6.07, 6.45) is 2.00. The van der Waals surface area contributed by atoms with Gasteiger partial charge in [-0.25, -0.2) is 4.98 Å². The maximum atomic E-state index is 11.9. The number of nitrogens with one attached hydrogen (secondary N) is 1. The first-order valence-electron chi connectivity index (χ1n) is 9.15. The third-order valence-electron chi connectivity index (χ3n) is 4.15. The van der Waals surface area contributed by atoms with Crippen LogP contribution in [0.5, 0.6) is 5.75 Å². The van der Waals surface area contributed by atoms with E-state index in [-0.39, 0.29) is 13.0 Å². The predicted molar refractivity (Wildman–Crippen MR) is 108 cm³/mol. The molecule has 3 aromatic rings. The smallest absolute Gasteiger partial charge is 0.306 e. The van der Waals surface area contributed by atoms with Crippen LogP contribution >= 0.6 is 0 Å². The number of methoxy groups -OCH3 is 1. The van der Waals surface area contributed by atoms with Crippen molar-refractivity contribution in [1.29, 1.82) is 0 Å². The number of nitrogens with zero attached hydrogens (tertiary/aromatic N) is 1.